The van der Waals surface area contributed by atoms with Crippen LogP contribution >= 0.6 is 11.3 Å². The summed E-state index contributed by atoms with van der Waals surface area (Å²) in [6.07, 6.45) is 2.53. The summed E-state index contributed by atoms with van der Waals surface area (Å²) < 4.78 is 5.63. The van der Waals surface area contributed by atoms with Gasteiger partial charge in [-0.15, -0.1) is 11.3 Å². The van der Waals surface area contributed by atoms with Gasteiger partial charge in [0.2, 0.25) is 0 Å². The van der Waals surface area contributed by atoms with Crippen molar-refractivity contribution in [3.8, 4) is 0 Å². The lowest BCUT2D eigenvalue weighted by molar-refractivity contribution is 0.111. The second-order valence-corrected chi connectivity index (χ2v) is 5.34. The summed E-state index contributed by atoms with van der Waals surface area (Å²) in [4.78, 5) is 4.67. The Bertz CT molecular complexity index is 329. The zero-order valence-corrected chi connectivity index (χ0v) is 10.4. The first-order chi connectivity index (χ1) is 7.13. The fourth-order valence-electron chi connectivity index (χ4n) is 1.62. The maximum absolute atomic E-state index is 5.63. The Hall–Kier alpha value is -0.450. The van der Waals surface area contributed by atoms with Gasteiger partial charge in [0.15, 0.2) is 0 Å². The molecule has 2 heterocycles. The summed E-state index contributed by atoms with van der Waals surface area (Å²) in [6, 6.07) is 0. The Kier molecular flexibility index (Phi) is 3.09. The van der Waals surface area contributed by atoms with E-state index >= 15 is 0 Å². The van der Waals surface area contributed by atoms with E-state index in [2.05, 4.69) is 29.5 Å². The third-order valence-corrected chi connectivity index (χ3v) is 3.93. The summed E-state index contributed by atoms with van der Waals surface area (Å²) in [5.74, 6) is 0. The molecule has 0 spiro atoms. The first-order valence-electron chi connectivity index (χ1n) is 5.40. The Morgan fingerprint density at radius 1 is 1.60 bits per heavy atom. The molecule has 1 fully saturated rings. The lowest BCUT2D eigenvalue weighted by Gasteiger charge is -2.21. The lowest BCUT2D eigenvalue weighted by Crippen LogP contribution is -2.33. The quantitative estimate of drug-likeness (QED) is 0.859. The SMILES string of the molecule is CNC(C)(C)c1csc(C2CCCO2)n1. The molecule has 0 bridgehead atoms. The minimum Gasteiger partial charge on any atom is -0.371 e. The molecule has 3 nitrogen and oxygen atoms in total. The van der Waals surface area contributed by atoms with Crippen LogP contribution in [0.25, 0.3) is 0 Å². The molecule has 1 saturated heterocycles. The van der Waals surface area contributed by atoms with Crippen molar-refractivity contribution in [2.24, 2.45) is 0 Å². The van der Waals surface area contributed by atoms with Gasteiger partial charge in [-0.1, -0.05) is 0 Å². The van der Waals surface area contributed by atoms with Crippen molar-refractivity contribution in [1.82, 2.24) is 10.3 Å². The first-order valence-corrected chi connectivity index (χ1v) is 6.28. The number of aromatic nitrogens is 1. The molecule has 84 valence electrons. The third-order valence-electron chi connectivity index (χ3n) is 2.99. The largest absolute Gasteiger partial charge is 0.371 e. The predicted molar refractivity (Wildman–Crippen MR) is 62.1 cm³/mol. The molecule has 1 N–H and O–H groups in total. The van der Waals surface area contributed by atoms with Crippen LogP contribution in [0.5, 0.6) is 0 Å². The summed E-state index contributed by atoms with van der Waals surface area (Å²) in [5.41, 5.74) is 1.06. The smallest absolute Gasteiger partial charge is 0.122 e. The molecule has 1 aliphatic heterocycles. The Morgan fingerprint density at radius 2 is 2.40 bits per heavy atom. The zero-order chi connectivity index (χ0) is 10.9. The van der Waals surface area contributed by atoms with Gasteiger partial charge >= 0.3 is 0 Å². The van der Waals surface area contributed by atoms with Gasteiger partial charge in [-0.05, 0) is 33.7 Å². The highest BCUT2D eigenvalue weighted by Gasteiger charge is 2.25. The molecule has 1 aromatic rings. The van der Waals surface area contributed by atoms with Gasteiger partial charge < -0.3 is 10.1 Å². The molecule has 1 unspecified atom stereocenters. The van der Waals surface area contributed by atoms with Crippen LogP contribution in [0.4, 0.5) is 0 Å². The number of rotatable bonds is 3. The molecule has 0 aliphatic carbocycles. The van der Waals surface area contributed by atoms with Crippen LogP contribution in [0.3, 0.4) is 0 Å². The monoisotopic (exact) mass is 226 g/mol. The molecule has 0 radical (unpaired) electrons. The third kappa shape index (κ3) is 2.22. The molecular weight excluding hydrogens is 208 g/mol. The summed E-state index contributed by atoms with van der Waals surface area (Å²) in [5, 5.41) is 6.53. The van der Waals surface area contributed by atoms with E-state index in [1.165, 1.54) is 0 Å². The number of hydrogen-bond donors (Lipinski definition) is 1. The van der Waals surface area contributed by atoms with Gasteiger partial charge in [0.1, 0.15) is 11.1 Å². The number of thiazole rings is 1. The summed E-state index contributed by atoms with van der Waals surface area (Å²) >= 11 is 1.71. The molecule has 0 saturated carbocycles. The van der Waals surface area contributed by atoms with E-state index in [1.54, 1.807) is 11.3 Å². The number of ether oxygens (including phenoxy) is 1. The average molecular weight is 226 g/mol. The van der Waals surface area contributed by atoms with E-state index in [1.807, 2.05) is 7.05 Å². The summed E-state index contributed by atoms with van der Waals surface area (Å²) in [6.45, 7) is 5.16. The van der Waals surface area contributed by atoms with E-state index in [4.69, 9.17) is 4.74 Å². The second-order valence-electron chi connectivity index (χ2n) is 4.45. The van der Waals surface area contributed by atoms with Gasteiger partial charge in [0.25, 0.3) is 0 Å². The topological polar surface area (TPSA) is 34.1 Å². The lowest BCUT2D eigenvalue weighted by atomic mass is 10.0. The fraction of sp³-hybridized carbons (Fsp3) is 0.727. The van der Waals surface area contributed by atoms with Crippen LogP contribution in [-0.4, -0.2) is 18.6 Å². The number of hydrogen-bond acceptors (Lipinski definition) is 4. The highest BCUT2D eigenvalue weighted by molar-refractivity contribution is 7.09. The van der Waals surface area contributed by atoms with Gasteiger partial charge in [-0.3, -0.25) is 0 Å². The Labute approximate surface area is 94.9 Å². The average Bonchev–Trinajstić information content (AvgIpc) is 2.88. The van der Waals surface area contributed by atoms with Crippen molar-refractivity contribution < 1.29 is 4.74 Å². The van der Waals surface area contributed by atoms with E-state index in [-0.39, 0.29) is 11.6 Å². The van der Waals surface area contributed by atoms with E-state index in [0.717, 1.165) is 30.2 Å². The molecule has 0 amide bonds. The highest BCUT2D eigenvalue weighted by Crippen LogP contribution is 2.32. The van der Waals surface area contributed by atoms with E-state index in [9.17, 15) is 0 Å². The molecular formula is C11H18N2OS. The Morgan fingerprint density at radius 3 is 3.00 bits per heavy atom. The second kappa shape index (κ2) is 4.20. The van der Waals surface area contributed by atoms with Crippen LogP contribution < -0.4 is 5.32 Å². The minimum absolute atomic E-state index is 0.0483. The highest BCUT2D eigenvalue weighted by atomic mass is 32.1. The zero-order valence-electron chi connectivity index (χ0n) is 9.54. The van der Waals surface area contributed by atoms with E-state index in [0.29, 0.717) is 0 Å². The Balaban J connectivity index is 2.16. The van der Waals surface area contributed by atoms with E-state index < -0.39 is 0 Å². The van der Waals surface area contributed by atoms with Gasteiger partial charge in [-0.25, -0.2) is 4.98 Å². The number of nitrogens with zero attached hydrogens (tertiary/aromatic N) is 1. The van der Waals surface area contributed by atoms with Crippen molar-refractivity contribution >= 4 is 11.3 Å². The van der Waals surface area contributed by atoms with Crippen LogP contribution in [0, 0.1) is 0 Å². The van der Waals surface area contributed by atoms with Crippen molar-refractivity contribution in [3.05, 3.63) is 16.1 Å². The maximum Gasteiger partial charge on any atom is 0.122 e. The van der Waals surface area contributed by atoms with Gasteiger partial charge in [-0.2, -0.15) is 0 Å². The summed E-state index contributed by atoms with van der Waals surface area (Å²) in [7, 11) is 1.96. The first kappa shape index (κ1) is 11.0. The minimum atomic E-state index is -0.0483. The molecule has 1 aliphatic rings. The van der Waals surface area contributed by atoms with Crippen molar-refractivity contribution in [2.75, 3.05) is 13.7 Å². The fourth-order valence-corrected chi connectivity index (χ4v) is 2.69. The van der Waals surface area contributed by atoms with Crippen LogP contribution in [0.1, 0.15) is 43.5 Å². The molecule has 4 heteroatoms. The molecule has 1 atom stereocenters. The molecule has 2 rings (SSSR count). The standard InChI is InChI=1S/C11H18N2OS/c1-11(2,12-3)9-7-15-10(13-9)8-5-4-6-14-8/h7-8,12H,4-6H2,1-3H3. The molecule has 0 aromatic carbocycles. The maximum atomic E-state index is 5.63. The van der Waals surface area contributed by atoms with Gasteiger partial charge in [0.05, 0.1) is 11.2 Å². The van der Waals surface area contributed by atoms with Crippen LogP contribution in [0.2, 0.25) is 0 Å². The van der Waals surface area contributed by atoms with Crippen molar-refractivity contribution in [3.63, 3.8) is 0 Å². The molecule has 15 heavy (non-hydrogen) atoms. The van der Waals surface area contributed by atoms with Crippen molar-refractivity contribution in [2.45, 2.75) is 38.3 Å². The molecule has 1 aromatic heterocycles. The van der Waals surface area contributed by atoms with Crippen LogP contribution in [0.15, 0.2) is 5.38 Å². The number of nitrogens with one attached hydrogen (secondary N) is 1. The van der Waals surface area contributed by atoms with Crippen molar-refractivity contribution in [1.29, 1.82) is 0 Å². The van der Waals surface area contributed by atoms with Gasteiger partial charge in [0, 0.05) is 12.0 Å². The normalized spacial score (nSPS) is 22.2. The van der Waals surface area contributed by atoms with Crippen LogP contribution in [-0.2, 0) is 10.3 Å². The predicted octanol–water partition coefficient (Wildman–Crippen LogP) is 2.45.